The number of fused-ring (bicyclic) bond motifs is 14. The van der Waals surface area contributed by atoms with E-state index < -0.39 is 123 Å². The van der Waals surface area contributed by atoms with Gasteiger partial charge < -0.3 is 86.4 Å². The quantitative estimate of drug-likeness (QED) is 0.230. The molecule has 0 N–H and O–H groups in total. The molecule has 7 saturated heterocycles. The van der Waals surface area contributed by atoms with Crippen LogP contribution in [-0.2, 0) is 86.4 Å². The fraction of sp³-hybridized carbons (Fsp3) is 0. The van der Waals surface area contributed by atoms with E-state index in [-0.39, 0.29) is 0 Å². The SMILES string of the molecule is C=C[Si]12O[Si]3(C=C)O[Si]4(C=C)O[Si](C=C)(O1)O[Si]1(C=C)O[Si](C=C)(O4)O[Si]4(C=C)O[Si](C=C)(O1)O[Si]1(C=C)O[Si](C=C)(O[Si]5(C=C)O[Si](C=C)(O[Si](C=C)(O[Si](C=C)(O3)O5)O2)O1)O4. The third-order valence-corrected chi connectivity index (χ3v) is 64.3. The topological polar surface area (TPSA) is 194 Å². The van der Waals surface area contributed by atoms with Crippen molar-refractivity contribution in [3.63, 3.8) is 0 Å². The van der Waals surface area contributed by atoms with Crippen LogP contribution in [0.4, 0.5) is 0 Å². The first-order valence-electron chi connectivity index (χ1n) is 18.3. The molecule has 7 aliphatic heterocycles. The lowest BCUT2D eigenvalue weighted by Crippen LogP contribution is -2.87. The van der Waals surface area contributed by atoms with Crippen LogP contribution in [0.1, 0.15) is 0 Å². The van der Waals surface area contributed by atoms with Gasteiger partial charge in [0, 0.05) is 0 Å². The summed E-state index contributed by atoms with van der Waals surface area (Å²) < 4.78 is 147. The third kappa shape index (κ3) is 7.48. The average molecular weight is 1110 g/mol. The molecule has 63 heavy (non-hydrogen) atoms. The Bertz CT molecular complexity index is 1580. The van der Waals surface area contributed by atoms with Crippen LogP contribution in [0, 0.1) is 0 Å². The van der Waals surface area contributed by atoms with E-state index >= 15 is 0 Å². The van der Waals surface area contributed by atoms with Gasteiger partial charge in [0.05, 0.1) is 0 Å². The Morgan fingerprint density at radius 2 is 0.175 bits per heavy atom. The zero-order valence-electron chi connectivity index (χ0n) is 33.6. The van der Waals surface area contributed by atoms with Gasteiger partial charge >= 0.3 is 123 Å². The molecule has 0 unspecified atom stereocenters. The molecule has 0 aromatic carbocycles. The van der Waals surface area contributed by atoms with Crippen molar-refractivity contribution in [3.05, 3.63) is 172 Å². The van der Waals surface area contributed by atoms with Crippen LogP contribution in [0.3, 0.4) is 0 Å². The molecule has 336 valence electrons. The summed E-state index contributed by atoms with van der Waals surface area (Å²) in [5, 5.41) is 0. The molecule has 35 heteroatoms. The molecule has 0 aliphatic carbocycles. The summed E-state index contributed by atoms with van der Waals surface area (Å²) in [4.78, 5) is 0. The Balaban J connectivity index is 1.62. The minimum atomic E-state index is -4.87. The minimum Gasteiger partial charge on any atom is -0.367 e. The van der Waals surface area contributed by atoms with Crippen molar-refractivity contribution < 1.29 is 86.4 Å². The molecule has 0 radical (unpaired) electrons. The van der Waals surface area contributed by atoms with Gasteiger partial charge in [0.15, 0.2) is 0 Å². The van der Waals surface area contributed by atoms with E-state index in [0.717, 1.165) is 0 Å². The van der Waals surface area contributed by atoms with Crippen molar-refractivity contribution >= 4 is 123 Å². The van der Waals surface area contributed by atoms with Crippen LogP contribution in [0.5, 0.6) is 0 Å². The molecule has 0 aromatic heterocycles. The maximum absolute atomic E-state index is 7.03. The van der Waals surface area contributed by atoms with Crippen molar-refractivity contribution in [1.82, 2.24) is 0 Å². The van der Waals surface area contributed by atoms with E-state index in [1.807, 2.05) is 0 Å². The minimum absolute atomic E-state index is 1.23. The first-order chi connectivity index (χ1) is 29.7. The van der Waals surface area contributed by atoms with Gasteiger partial charge in [0.25, 0.3) is 0 Å². The number of rotatable bonds is 14. The van der Waals surface area contributed by atoms with E-state index in [9.17, 15) is 0 Å². The highest BCUT2D eigenvalue weighted by Gasteiger charge is 2.83. The standard InChI is InChI=1S/C28H42O21Si14/c1-15-50-29-51(16-2)38-54(19-5)30-52(17-3,36-50)40-56(21-7)32-58(23-9,42-54)46-62(27-13)34-60(25-11,44-56)48-61(26-12)35-63(28-14,49-62)47-59(24-10)33-57(22-8,45-61)41-53(18-4,37-50)31-55(20-6,39-51)43-59/h15-28H,1-14H2. The normalized spacial score (nSPS) is 52.9. The van der Waals surface area contributed by atoms with E-state index in [4.69, 9.17) is 86.4 Å². The lowest BCUT2D eigenvalue weighted by molar-refractivity contribution is -0.00206. The molecule has 0 aromatic rings. The maximum Gasteiger partial charge on any atom is 0.507 e. The summed E-state index contributed by atoms with van der Waals surface area (Å²) in [7, 11) is -68.2. The van der Waals surface area contributed by atoms with E-state index in [2.05, 4.69) is 92.1 Å². The molecule has 0 saturated carbocycles. The monoisotopic (exact) mass is 1110 g/mol. The summed E-state index contributed by atoms with van der Waals surface area (Å²) in [6.45, 7) is 57.0. The Hall–Kier alpha value is -1.44. The van der Waals surface area contributed by atoms with Gasteiger partial charge in [-0.15, -0.1) is 92.1 Å². The molecule has 7 rings (SSSR count). The molecular weight excluding hydrogens is 1070 g/mol. The second-order valence-electron chi connectivity index (χ2n) is 13.5. The molecule has 0 spiro atoms. The molecule has 7 aliphatic rings. The van der Waals surface area contributed by atoms with Crippen molar-refractivity contribution in [1.29, 1.82) is 0 Å². The molecule has 7 heterocycles. The van der Waals surface area contributed by atoms with E-state index in [1.165, 1.54) is 79.8 Å². The molecule has 14 bridgehead atoms. The predicted octanol–water partition coefficient (Wildman–Crippen LogP) is 2.74. The first kappa shape index (κ1) is 48.0. The first-order valence-corrected chi connectivity index (χ1v) is 43.6. The summed E-state index contributed by atoms with van der Waals surface area (Å²) in [5.74, 6) is 0. The lowest BCUT2D eigenvalue weighted by Gasteiger charge is -2.60. The van der Waals surface area contributed by atoms with Crippen LogP contribution in [0.15, 0.2) is 172 Å². The van der Waals surface area contributed by atoms with Gasteiger partial charge in [-0.2, -0.15) is 0 Å². The second-order valence-corrected chi connectivity index (χ2v) is 53.2. The van der Waals surface area contributed by atoms with Gasteiger partial charge in [-0.3, -0.25) is 0 Å². The summed E-state index contributed by atoms with van der Waals surface area (Å²) >= 11 is 0. The molecular formula is C28H42O21Si14. The number of hydrogen-bond donors (Lipinski definition) is 0. The van der Waals surface area contributed by atoms with Crippen molar-refractivity contribution in [2.45, 2.75) is 0 Å². The Kier molecular flexibility index (Phi) is 11.8. The van der Waals surface area contributed by atoms with Gasteiger partial charge in [-0.1, -0.05) is 0 Å². The summed E-state index contributed by atoms with van der Waals surface area (Å²) in [6.07, 6.45) is 0. The van der Waals surface area contributed by atoms with E-state index in [1.54, 1.807) is 0 Å². The van der Waals surface area contributed by atoms with E-state index in [0.29, 0.717) is 0 Å². The maximum atomic E-state index is 7.03. The smallest absolute Gasteiger partial charge is 0.367 e. The van der Waals surface area contributed by atoms with Crippen LogP contribution < -0.4 is 0 Å². The third-order valence-electron chi connectivity index (χ3n) is 9.47. The van der Waals surface area contributed by atoms with Crippen LogP contribution in [0.25, 0.3) is 0 Å². The van der Waals surface area contributed by atoms with Crippen LogP contribution in [-0.4, -0.2) is 123 Å². The number of hydrogen-bond acceptors (Lipinski definition) is 21. The van der Waals surface area contributed by atoms with Crippen molar-refractivity contribution in [2.24, 2.45) is 0 Å². The molecule has 21 nitrogen and oxygen atoms in total. The van der Waals surface area contributed by atoms with Gasteiger partial charge in [0.1, 0.15) is 0 Å². The zero-order chi connectivity index (χ0) is 45.7. The Morgan fingerprint density at radius 3 is 0.206 bits per heavy atom. The Morgan fingerprint density at radius 1 is 0.127 bits per heavy atom. The van der Waals surface area contributed by atoms with Crippen molar-refractivity contribution in [2.75, 3.05) is 0 Å². The largest absolute Gasteiger partial charge is 0.507 e. The molecule has 0 amide bonds. The predicted molar refractivity (Wildman–Crippen MR) is 246 cm³/mol. The zero-order valence-corrected chi connectivity index (χ0v) is 47.6. The highest BCUT2D eigenvalue weighted by atomic mass is 28.6. The van der Waals surface area contributed by atoms with Crippen LogP contribution in [0.2, 0.25) is 0 Å². The fourth-order valence-electron chi connectivity index (χ4n) is 6.79. The van der Waals surface area contributed by atoms with Gasteiger partial charge in [0.2, 0.25) is 0 Å². The Labute approximate surface area is 379 Å². The molecule has 0 atom stereocenters. The second kappa shape index (κ2) is 15.5. The summed E-state index contributed by atoms with van der Waals surface area (Å²) in [5.41, 5.74) is 17.2. The van der Waals surface area contributed by atoms with Crippen LogP contribution >= 0.6 is 0 Å². The highest BCUT2D eigenvalue weighted by Crippen LogP contribution is 2.51. The van der Waals surface area contributed by atoms with Crippen molar-refractivity contribution in [3.8, 4) is 0 Å². The molecule has 7 fully saturated rings. The van der Waals surface area contributed by atoms with Gasteiger partial charge in [-0.05, 0) is 79.8 Å². The van der Waals surface area contributed by atoms with Gasteiger partial charge in [-0.25, -0.2) is 0 Å². The summed E-state index contributed by atoms with van der Waals surface area (Å²) in [6, 6.07) is 0. The fourth-order valence-corrected chi connectivity index (χ4v) is 76.9. The average Bonchev–Trinajstić information content (AvgIpc) is 3.24. The highest BCUT2D eigenvalue weighted by molar-refractivity contribution is 7.09. The lowest BCUT2D eigenvalue weighted by atomic mass is 11.3.